The first kappa shape index (κ1) is 27.0. The summed E-state index contributed by atoms with van der Waals surface area (Å²) in [5.41, 5.74) is 0.525. The number of carbonyl (C=O) groups is 2. The van der Waals surface area contributed by atoms with Crippen LogP contribution < -0.4 is 0 Å². The number of benzene rings is 1. The zero-order valence-corrected chi connectivity index (χ0v) is 18.6. The molecule has 31 heavy (non-hydrogen) atoms. The number of rotatable bonds is 20. The van der Waals surface area contributed by atoms with Gasteiger partial charge in [-0.3, -0.25) is 4.79 Å². The van der Waals surface area contributed by atoms with Gasteiger partial charge in [0, 0.05) is 6.42 Å². The Morgan fingerprint density at radius 3 is 1.65 bits per heavy atom. The fraction of sp³-hybridized carbons (Fsp3) is 0.652. The van der Waals surface area contributed by atoms with Crippen molar-refractivity contribution in [1.29, 1.82) is 0 Å². The van der Waals surface area contributed by atoms with Crippen molar-refractivity contribution >= 4 is 11.9 Å². The van der Waals surface area contributed by atoms with Crippen molar-refractivity contribution in [2.45, 2.75) is 32.6 Å². The molecule has 0 aromatic heterocycles. The second-order valence-corrected chi connectivity index (χ2v) is 6.63. The molecule has 0 unspecified atom stereocenters. The van der Waals surface area contributed by atoms with Gasteiger partial charge in [0.2, 0.25) is 0 Å². The van der Waals surface area contributed by atoms with Gasteiger partial charge in [-0.05, 0) is 18.6 Å². The van der Waals surface area contributed by atoms with E-state index >= 15 is 0 Å². The molecule has 0 saturated heterocycles. The first-order valence-electron chi connectivity index (χ1n) is 10.9. The third-order valence-electron chi connectivity index (χ3n) is 4.06. The molecule has 0 heterocycles. The van der Waals surface area contributed by atoms with Crippen molar-refractivity contribution in [2.24, 2.45) is 0 Å². The van der Waals surface area contributed by atoms with Crippen LogP contribution in [0.15, 0.2) is 30.3 Å². The lowest BCUT2D eigenvalue weighted by atomic mass is 10.2. The minimum atomic E-state index is -0.356. The molecule has 8 nitrogen and oxygen atoms in total. The average molecular weight is 441 g/mol. The molecule has 0 bridgehead atoms. The minimum Gasteiger partial charge on any atom is -0.463 e. The molecule has 1 aromatic rings. The highest BCUT2D eigenvalue weighted by Crippen LogP contribution is 2.01. The predicted molar refractivity (Wildman–Crippen MR) is 115 cm³/mol. The topological polar surface area (TPSA) is 89.5 Å². The highest BCUT2D eigenvalue weighted by Gasteiger charge is 2.05. The van der Waals surface area contributed by atoms with Crippen molar-refractivity contribution in [3.8, 4) is 0 Å². The molecule has 0 fully saturated rings. The fourth-order valence-corrected chi connectivity index (χ4v) is 2.42. The van der Waals surface area contributed by atoms with Crippen LogP contribution in [0.25, 0.3) is 0 Å². The van der Waals surface area contributed by atoms with Crippen LogP contribution in [-0.4, -0.2) is 78.0 Å². The molecule has 0 radical (unpaired) electrons. The molecule has 8 heteroatoms. The van der Waals surface area contributed by atoms with E-state index in [1.54, 1.807) is 24.3 Å². The predicted octanol–water partition coefficient (Wildman–Crippen LogP) is 3.03. The van der Waals surface area contributed by atoms with Crippen molar-refractivity contribution in [3.63, 3.8) is 0 Å². The molecule has 0 saturated carbocycles. The summed E-state index contributed by atoms with van der Waals surface area (Å²) < 4.78 is 31.6. The first-order valence-corrected chi connectivity index (χ1v) is 10.9. The van der Waals surface area contributed by atoms with Gasteiger partial charge in [-0.2, -0.15) is 0 Å². The summed E-state index contributed by atoms with van der Waals surface area (Å²) in [7, 11) is 0. The summed E-state index contributed by atoms with van der Waals surface area (Å²) in [4.78, 5) is 23.1. The summed E-state index contributed by atoms with van der Waals surface area (Å²) in [5, 5.41) is 0. The summed E-state index contributed by atoms with van der Waals surface area (Å²) in [6.07, 6.45) is 3.49. The number of ether oxygens (including phenoxy) is 6. The fourth-order valence-electron chi connectivity index (χ4n) is 2.42. The van der Waals surface area contributed by atoms with E-state index in [2.05, 4.69) is 6.92 Å². The molecular formula is C23H36O8. The molecule has 0 aliphatic heterocycles. The Morgan fingerprint density at radius 2 is 1.13 bits per heavy atom. The van der Waals surface area contributed by atoms with Gasteiger partial charge in [-0.15, -0.1) is 0 Å². The molecule has 0 amide bonds. The summed E-state index contributed by atoms with van der Waals surface area (Å²) in [6.45, 7) is 5.95. The van der Waals surface area contributed by atoms with E-state index in [0.29, 0.717) is 64.8 Å². The molecule has 176 valence electrons. The number of esters is 2. The minimum absolute atomic E-state index is 0.164. The Balaban J connectivity index is 1.75. The largest absolute Gasteiger partial charge is 0.463 e. The molecular weight excluding hydrogens is 404 g/mol. The first-order chi connectivity index (χ1) is 15.2. The van der Waals surface area contributed by atoms with Crippen LogP contribution >= 0.6 is 0 Å². The zero-order chi connectivity index (χ0) is 22.4. The van der Waals surface area contributed by atoms with Crippen LogP contribution in [0.4, 0.5) is 0 Å². The van der Waals surface area contributed by atoms with Crippen molar-refractivity contribution in [1.82, 2.24) is 0 Å². The van der Waals surface area contributed by atoms with Gasteiger partial charge in [-0.1, -0.05) is 38.0 Å². The lowest BCUT2D eigenvalue weighted by Crippen LogP contribution is -2.15. The van der Waals surface area contributed by atoms with Crippen LogP contribution in [0.5, 0.6) is 0 Å². The van der Waals surface area contributed by atoms with Crippen molar-refractivity contribution < 1.29 is 38.0 Å². The summed E-state index contributed by atoms with van der Waals surface area (Å²) in [6, 6.07) is 8.83. The van der Waals surface area contributed by atoms with Gasteiger partial charge in [0.05, 0.1) is 58.4 Å². The average Bonchev–Trinajstić information content (AvgIpc) is 2.79. The van der Waals surface area contributed by atoms with E-state index in [1.165, 1.54) is 0 Å². The van der Waals surface area contributed by atoms with Crippen LogP contribution in [-0.2, 0) is 33.2 Å². The monoisotopic (exact) mass is 440 g/mol. The Hall–Kier alpha value is -2.00. The van der Waals surface area contributed by atoms with Crippen LogP contribution in [0, 0.1) is 0 Å². The summed E-state index contributed by atoms with van der Waals surface area (Å²) in [5.74, 6) is -0.521. The smallest absolute Gasteiger partial charge is 0.338 e. The van der Waals surface area contributed by atoms with E-state index in [9.17, 15) is 9.59 Å². The third-order valence-corrected chi connectivity index (χ3v) is 4.06. The van der Waals surface area contributed by atoms with Crippen LogP contribution in [0.2, 0.25) is 0 Å². The van der Waals surface area contributed by atoms with E-state index in [0.717, 1.165) is 19.3 Å². The molecule has 0 aliphatic carbocycles. The molecule has 1 aromatic carbocycles. The molecule has 0 aliphatic rings. The molecule has 0 spiro atoms. The maximum absolute atomic E-state index is 11.7. The highest BCUT2D eigenvalue weighted by molar-refractivity contribution is 5.89. The lowest BCUT2D eigenvalue weighted by Gasteiger charge is -2.08. The van der Waals surface area contributed by atoms with Crippen molar-refractivity contribution in [3.05, 3.63) is 35.9 Å². The van der Waals surface area contributed by atoms with Gasteiger partial charge in [-0.25, -0.2) is 4.79 Å². The number of hydrogen-bond acceptors (Lipinski definition) is 8. The normalized spacial score (nSPS) is 10.7. The van der Waals surface area contributed by atoms with E-state index in [1.807, 2.05) is 6.07 Å². The molecule has 0 N–H and O–H groups in total. The number of hydrogen-bond donors (Lipinski definition) is 0. The maximum atomic E-state index is 11.7. The Labute approximate surface area is 185 Å². The van der Waals surface area contributed by atoms with Crippen molar-refractivity contribution in [2.75, 3.05) is 66.1 Å². The number of carbonyl (C=O) groups excluding carboxylic acids is 2. The Bertz CT molecular complexity index is 564. The Kier molecular flexibility index (Phi) is 17.4. The Morgan fingerprint density at radius 1 is 0.645 bits per heavy atom. The van der Waals surface area contributed by atoms with Crippen LogP contribution in [0.1, 0.15) is 43.0 Å². The SMILES string of the molecule is CCCCCC(=O)OCCOCCOCCOCCOCCOC(=O)c1ccccc1. The van der Waals surface area contributed by atoms with Gasteiger partial charge in [0.15, 0.2) is 0 Å². The molecule has 0 atom stereocenters. The van der Waals surface area contributed by atoms with Gasteiger partial charge in [0.1, 0.15) is 13.2 Å². The lowest BCUT2D eigenvalue weighted by molar-refractivity contribution is -0.145. The zero-order valence-electron chi connectivity index (χ0n) is 18.6. The second kappa shape index (κ2) is 19.9. The third kappa shape index (κ3) is 16.4. The summed E-state index contributed by atoms with van der Waals surface area (Å²) >= 11 is 0. The van der Waals surface area contributed by atoms with Crippen LogP contribution in [0.3, 0.4) is 0 Å². The second-order valence-electron chi connectivity index (χ2n) is 6.63. The van der Waals surface area contributed by atoms with Gasteiger partial charge < -0.3 is 28.4 Å². The maximum Gasteiger partial charge on any atom is 0.338 e. The standard InChI is InChI=1S/C23H36O8/c1-2-3-5-10-22(24)30-19-17-28-15-13-26-11-12-27-14-16-29-18-20-31-23(25)21-8-6-4-7-9-21/h4,6-9H,2-3,5,10-20H2,1H3. The number of unbranched alkanes of at least 4 members (excludes halogenated alkanes) is 2. The van der Waals surface area contributed by atoms with E-state index in [4.69, 9.17) is 28.4 Å². The van der Waals surface area contributed by atoms with E-state index < -0.39 is 0 Å². The highest BCUT2D eigenvalue weighted by atomic mass is 16.6. The quantitative estimate of drug-likeness (QED) is 0.226. The molecule has 1 rings (SSSR count). The van der Waals surface area contributed by atoms with Gasteiger partial charge >= 0.3 is 11.9 Å². The van der Waals surface area contributed by atoms with Gasteiger partial charge in [0.25, 0.3) is 0 Å². The van der Waals surface area contributed by atoms with E-state index in [-0.39, 0.29) is 25.2 Å².